The zero-order valence-electron chi connectivity index (χ0n) is 23.5. The number of nitrogens with one attached hydrogen (secondary N) is 1. The van der Waals surface area contributed by atoms with Crippen molar-refractivity contribution in [3.63, 3.8) is 0 Å². The van der Waals surface area contributed by atoms with E-state index in [0.29, 0.717) is 18.1 Å². The Hall–Kier alpha value is -4.69. The summed E-state index contributed by atoms with van der Waals surface area (Å²) in [7, 11) is 5.67. The molecular weight excluding hydrogens is 553 g/mol. The molecule has 0 aliphatic carbocycles. The van der Waals surface area contributed by atoms with Gasteiger partial charge in [0.2, 0.25) is 17.7 Å². The number of pyridine rings is 1. The molecule has 14 heteroatoms. The molecule has 224 valence electrons. The predicted octanol–water partition coefficient (Wildman–Crippen LogP) is 3.78. The summed E-state index contributed by atoms with van der Waals surface area (Å²) >= 11 is 0. The van der Waals surface area contributed by atoms with Gasteiger partial charge < -0.3 is 35.3 Å². The quantitative estimate of drug-likeness (QED) is 0.225. The molecule has 0 fully saturated rings. The van der Waals surface area contributed by atoms with Crippen LogP contribution in [-0.4, -0.2) is 82.4 Å². The Bertz CT molecular complexity index is 1510. The van der Waals surface area contributed by atoms with E-state index in [9.17, 15) is 23.1 Å². The number of alkyl halides is 3. The molecule has 0 saturated heterocycles. The van der Waals surface area contributed by atoms with Crippen LogP contribution in [-0.2, 0) is 11.5 Å². The van der Waals surface area contributed by atoms with E-state index >= 15 is 0 Å². The molecule has 1 aromatic carbocycles. The lowest BCUT2D eigenvalue weighted by Gasteiger charge is -2.22. The van der Waals surface area contributed by atoms with Crippen molar-refractivity contribution in [2.24, 2.45) is 5.73 Å². The maximum absolute atomic E-state index is 12.9. The number of halogens is 3. The Balaban J connectivity index is 0.000000892. The fourth-order valence-corrected chi connectivity index (χ4v) is 3.72. The molecule has 0 bridgehead atoms. The standard InChI is InChI=1S/C25H28F3N7O2.C3H5NO/c1-33(2)12-13-34(3)22-9-8-20(23(32-22)37-15-25(26,27)28)31-24-29-11-10-19(30-24)18-14-35(16-36)21-7-5-4-6-17(18)21;1-2-3(4)5/h4-11,14,36H,12-13,15-16H2,1-3H3,(H,29,30,31);2H,1H2,(H2,4,5). The molecular formula is C28H33F3N8O3. The van der Waals surface area contributed by atoms with Gasteiger partial charge in [-0.3, -0.25) is 4.79 Å². The lowest BCUT2D eigenvalue weighted by Crippen LogP contribution is -2.29. The van der Waals surface area contributed by atoms with Gasteiger partial charge in [-0.25, -0.2) is 9.97 Å². The normalized spacial score (nSPS) is 11.1. The van der Waals surface area contributed by atoms with Gasteiger partial charge in [-0.15, -0.1) is 0 Å². The van der Waals surface area contributed by atoms with Crippen molar-refractivity contribution in [2.45, 2.75) is 12.9 Å². The number of aromatic nitrogens is 4. The first-order valence-corrected chi connectivity index (χ1v) is 12.7. The Morgan fingerprint density at radius 2 is 1.86 bits per heavy atom. The SMILES string of the molecule is C=CC(N)=O.CN(C)CCN(C)c1ccc(Nc2nccc(-c3cn(CO)c4ccccc34)n2)c(OCC(F)(F)F)n1. The van der Waals surface area contributed by atoms with E-state index in [2.05, 4.69) is 32.6 Å². The zero-order chi connectivity index (χ0) is 30.9. The van der Waals surface area contributed by atoms with E-state index in [1.54, 1.807) is 35.2 Å². The molecule has 0 aliphatic heterocycles. The Morgan fingerprint density at radius 3 is 2.50 bits per heavy atom. The number of fused-ring (bicyclic) bond motifs is 1. The van der Waals surface area contributed by atoms with Gasteiger partial charge in [0, 0.05) is 43.5 Å². The van der Waals surface area contributed by atoms with Crippen molar-refractivity contribution in [3.05, 3.63) is 67.5 Å². The summed E-state index contributed by atoms with van der Waals surface area (Å²) in [5, 5.41) is 13.6. The minimum atomic E-state index is -4.52. The molecule has 0 unspecified atom stereocenters. The van der Waals surface area contributed by atoms with Gasteiger partial charge in [0.05, 0.1) is 11.2 Å². The number of anilines is 3. The molecule has 4 aromatic rings. The average molecular weight is 587 g/mol. The molecule has 11 nitrogen and oxygen atoms in total. The van der Waals surface area contributed by atoms with Crippen LogP contribution in [0.15, 0.2) is 67.5 Å². The highest BCUT2D eigenvalue weighted by atomic mass is 19.4. The third kappa shape index (κ3) is 8.91. The van der Waals surface area contributed by atoms with Crippen molar-refractivity contribution in [3.8, 4) is 17.1 Å². The Morgan fingerprint density at radius 1 is 1.14 bits per heavy atom. The largest absolute Gasteiger partial charge is 0.466 e. The number of primary amides is 1. The summed E-state index contributed by atoms with van der Waals surface area (Å²) in [5.74, 6) is -0.0656. The number of carbonyl (C=O) groups excluding carboxylic acids is 1. The van der Waals surface area contributed by atoms with Crippen LogP contribution in [0.4, 0.5) is 30.6 Å². The van der Waals surface area contributed by atoms with Gasteiger partial charge >= 0.3 is 6.18 Å². The molecule has 4 N–H and O–H groups in total. The molecule has 0 saturated carbocycles. The van der Waals surface area contributed by atoms with Gasteiger partial charge in [0.25, 0.3) is 0 Å². The van der Waals surface area contributed by atoms with E-state index in [0.717, 1.165) is 29.1 Å². The number of para-hydroxylation sites is 1. The molecule has 4 rings (SSSR count). The number of nitrogens with two attached hydrogens (primary N) is 1. The molecule has 0 aliphatic rings. The van der Waals surface area contributed by atoms with Crippen molar-refractivity contribution >= 4 is 34.3 Å². The summed E-state index contributed by atoms with van der Waals surface area (Å²) < 4.78 is 45.6. The van der Waals surface area contributed by atoms with E-state index in [1.807, 2.05) is 55.2 Å². The summed E-state index contributed by atoms with van der Waals surface area (Å²) in [6, 6.07) is 12.6. The van der Waals surface area contributed by atoms with Crippen molar-refractivity contribution in [1.29, 1.82) is 0 Å². The van der Waals surface area contributed by atoms with Gasteiger partial charge in [0.15, 0.2) is 6.61 Å². The van der Waals surface area contributed by atoms with Crippen LogP contribution in [0.1, 0.15) is 0 Å². The van der Waals surface area contributed by atoms with Crippen molar-refractivity contribution in [1.82, 2.24) is 24.4 Å². The number of carbonyl (C=O) groups is 1. The number of hydrogen-bond acceptors (Lipinski definition) is 9. The fourth-order valence-electron chi connectivity index (χ4n) is 3.72. The first kappa shape index (κ1) is 31.8. The van der Waals surface area contributed by atoms with Crippen molar-refractivity contribution in [2.75, 3.05) is 51.1 Å². The van der Waals surface area contributed by atoms with E-state index in [1.165, 1.54) is 0 Å². The summed E-state index contributed by atoms with van der Waals surface area (Å²) in [6.07, 6.45) is -0.138. The average Bonchev–Trinajstić information content (AvgIpc) is 3.34. The van der Waals surface area contributed by atoms with Crippen LogP contribution in [0.5, 0.6) is 5.88 Å². The van der Waals surface area contributed by atoms with E-state index in [4.69, 9.17) is 4.74 Å². The van der Waals surface area contributed by atoms with Crippen LogP contribution in [0.3, 0.4) is 0 Å². The van der Waals surface area contributed by atoms with Crippen LogP contribution >= 0.6 is 0 Å². The highest BCUT2D eigenvalue weighted by Crippen LogP contribution is 2.32. The van der Waals surface area contributed by atoms with Crippen molar-refractivity contribution < 1.29 is 27.8 Å². The number of aliphatic hydroxyl groups is 1. The maximum atomic E-state index is 12.9. The van der Waals surface area contributed by atoms with Gasteiger partial charge in [-0.2, -0.15) is 18.2 Å². The van der Waals surface area contributed by atoms with Gasteiger partial charge in [-0.1, -0.05) is 24.8 Å². The zero-order valence-corrected chi connectivity index (χ0v) is 23.5. The minimum absolute atomic E-state index is 0.158. The molecule has 0 spiro atoms. The van der Waals surface area contributed by atoms with E-state index < -0.39 is 18.7 Å². The Kier molecular flexibility index (Phi) is 10.8. The second-order valence-electron chi connectivity index (χ2n) is 9.32. The minimum Gasteiger partial charge on any atom is -0.466 e. The first-order chi connectivity index (χ1) is 19.9. The number of rotatable bonds is 11. The molecule has 42 heavy (non-hydrogen) atoms. The number of nitrogens with zero attached hydrogens (tertiary/aromatic N) is 6. The molecule has 0 atom stereocenters. The second kappa shape index (κ2) is 14.3. The number of likely N-dealkylation sites (N-methyl/N-ethyl adjacent to an activating group) is 2. The molecule has 3 heterocycles. The second-order valence-corrected chi connectivity index (χ2v) is 9.32. The molecule has 1 amide bonds. The molecule has 3 aromatic heterocycles. The van der Waals surface area contributed by atoms with Crippen LogP contribution < -0.4 is 20.7 Å². The lowest BCUT2D eigenvalue weighted by molar-refractivity contribution is -0.153. The number of benzene rings is 1. The first-order valence-electron chi connectivity index (χ1n) is 12.7. The third-order valence-electron chi connectivity index (χ3n) is 5.81. The monoisotopic (exact) mass is 586 g/mol. The third-order valence-corrected chi connectivity index (χ3v) is 5.81. The highest BCUT2D eigenvalue weighted by Gasteiger charge is 2.29. The van der Waals surface area contributed by atoms with Crippen LogP contribution in [0.25, 0.3) is 22.2 Å². The number of amides is 1. The predicted molar refractivity (Wildman–Crippen MR) is 155 cm³/mol. The number of hydrogen-bond donors (Lipinski definition) is 3. The maximum Gasteiger partial charge on any atom is 0.422 e. The topological polar surface area (TPSA) is 135 Å². The fraction of sp³-hybridized carbons (Fsp3) is 0.286. The summed E-state index contributed by atoms with van der Waals surface area (Å²) in [4.78, 5) is 26.4. The summed E-state index contributed by atoms with van der Waals surface area (Å²) in [5.41, 5.74) is 6.93. The highest BCUT2D eigenvalue weighted by molar-refractivity contribution is 5.95. The van der Waals surface area contributed by atoms with Gasteiger partial charge in [0.1, 0.15) is 18.2 Å². The molecule has 0 radical (unpaired) electrons. The number of ether oxygens (including phenoxy) is 1. The summed E-state index contributed by atoms with van der Waals surface area (Å²) in [6.45, 7) is 2.77. The Labute approximate surface area is 241 Å². The van der Waals surface area contributed by atoms with Gasteiger partial charge in [-0.05, 0) is 44.4 Å². The van der Waals surface area contributed by atoms with E-state index in [-0.39, 0.29) is 24.2 Å². The smallest absolute Gasteiger partial charge is 0.422 e. The van der Waals surface area contributed by atoms with Crippen LogP contribution in [0, 0.1) is 0 Å². The lowest BCUT2D eigenvalue weighted by atomic mass is 10.1. The van der Waals surface area contributed by atoms with Crippen LogP contribution in [0.2, 0.25) is 0 Å². The number of aliphatic hydroxyl groups excluding tert-OH is 1.